The predicted molar refractivity (Wildman–Crippen MR) is 56.0 cm³/mol. The van der Waals surface area contributed by atoms with Crippen molar-refractivity contribution in [1.82, 2.24) is 20.4 Å². The summed E-state index contributed by atoms with van der Waals surface area (Å²) in [5, 5.41) is 19.0. The van der Waals surface area contributed by atoms with Crippen LogP contribution in [0.2, 0.25) is 0 Å². The van der Waals surface area contributed by atoms with Gasteiger partial charge in [0, 0.05) is 19.6 Å². The van der Waals surface area contributed by atoms with Gasteiger partial charge in [-0.25, -0.2) is 0 Å². The topological polar surface area (TPSA) is 93.8 Å². The van der Waals surface area contributed by atoms with Crippen molar-refractivity contribution in [2.24, 2.45) is 0 Å². The third-order valence-electron chi connectivity index (χ3n) is 2.66. The summed E-state index contributed by atoms with van der Waals surface area (Å²) in [6, 6.07) is 2.19. The molecule has 6 nitrogen and oxygen atoms in total. The lowest BCUT2D eigenvalue weighted by atomic mass is 10.1. The van der Waals surface area contributed by atoms with Gasteiger partial charge in [-0.3, -0.25) is 5.10 Å². The summed E-state index contributed by atoms with van der Waals surface area (Å²) in [6.07, 6.45) is 0. The van der Waals surface area contributed by atoms with E-state index in [0.29, 0.717) is 5.56 Å². The van der Waals surface area contributed by atoms with Gasteiger partial charge in [0.25, 0.3) is 0 Å². The van der Waals surface area contributed by atoms with Crippen LogP contribution < -0.4 is 11.1 Å². The minimum atomic E-state index is 0.114. The van der Waals surface area contributed by atoms with E-state index >= 15 is 0 Å². The number of anilines is 1. The number of nitrogens with one attached hydrogen (secondary N) is 2. The van der Waals surface area contributed by atoms with Crippen molar-refractivity contribution in [2.45, 2.75) is 6.04 Å². The number of nitrogens with two attached hydrogens (primary N) is 1. The molecule has 6 heteroatoms. The Hall–Kier alpha value is -1.58. The summed E-state index contributed by atoms with van der Waals surface area (Å²) in [4.78, 5) is 2.21. The second-order valence-corrected chi connectivity index (χ2v) is 3.78. The zero-order valence-electron chi connectivity index (χ0n) is 8.62. The lowest BCUT2D eigenvalue weighted by molar-refractivity contribution is 0.238. The minimum Gasteiger partial charge on any atom is -0.381 e. The van der Waals surface area contributed by atoms with Crippen molar-refractivity contribution in [3.8, 4) is 6.07 Å². The van der Waals surface area contributed by atoms with Gasteiger partial charge in [-0.15, -0.1) is 0 Å². The number of nitriles is 1. The third-order valence-corrected chi connectivity index (χ3v) is 2.66. The highest BCUT2D eigenvalue weighted by atomic mass is 15.2. The molecule has 1 saturated heterocycles. The van der Waals surface area contributed by atoms with Gasteiger partial charge >= 0.3 is 0 Å². The summed E-state index contributed by atoms with van der Waals surface area (Å²) in [6.45, 7) is 2.78. The van der Waals surface area contributed by atoms with Crippen LogP contribution in [-0.2, 0) is 0 Å². The Labute approximate surface area is 88.1 Å². The van der Waals surface area contributed by atoms with Crippen LogP contribution in [0, 0.1) is 11.3 Å². The molecule has 0 spiro atoms. The molecule has 1 aromatic heterocycles. The van der Waals surface area contributed by atoms with Crippen molar-refractivity contribution in [1.29, 1.82) is 5.26 Å². The number of nitrogens with zero attached hydrogens (tertiary/aromatic N) is 3. The quantitative estimate of drug-likeness (QED) is 0.572. The van der Waals surface area contributed by atoms with Crippen LogP contribution >= 0.6 is 0 Å². The van der Waals surface area contributed by atoms with Gasteiger partial charge in [-0.1, -0.05) is 0 Å². The maximum Gasteiger partial charge on any atom is 0.163 e. The molecule has 2 heterocycles. The number of rotatable bonds is 1. The summed E-state index contributed by atoms with van der Waals surface area (Å²) in [7, 11) is 2.06. The fourth-order valence-electron chi connectivity index (χ4n) is 1.83. The predicted octanol–water partition coefficient (Wildman–Crippen LogP) is -0.560. The van der Waals surface area contributed by atoms with Gasteiger partial charge in [0.15, 0.2) is 5.82 Å². The van der Waals surface area contributed by atoms with E-state index in [0.717, 1.165) is 25.3 Å². The second kappa shape index (κ2) is 3.88. The first-order chi connectivity index (χ1) is 7.22. The van der Waals surface area contributed by atoms with E-state index in [1.807, 2.05) is 0 Å². The van der Waals surface area contributed by atoms with Crippen LogP contribution in [0.4, 0.5) is 5.82 Å². The molecule has 0 saturated carbocycles. The molecule has 2 rings (SSSR count). The molecule has 0 aromatic carbocycles. The molecular formula is C9H14N6. The molecule has 1 fully saturated rings. The van der Waals surface area contributed by atoms with Crippen LogP contribution in [0.5, 0.6) is 0 Å². The van der Waals surface area contributed by atoms with E-state index in [4.69, 9.17) is 11.0 Å². The minimum absolute atomic E-state index is 0.114. The van der Waals surface area contributed by atoms with Gasteiger partial charge < -0.3 is 16.0 Å². The zero-order chi connectivity index (χ0) is 10.8. The number of nitrogen functional groups attached to an aromatic ring is 1. The number of aromatic amines is 1. The average Bonchev–Trinajstić information content (AvgIpc) is 2.59. The first kappa shape index (κ1) is 9.96. The first-order valence-corrected chi connectivity index (χ1v) is 4.88. The van der Waals surface area contributed by atoms with E-state index in [-0.39, 0.29) is 11.9 Å². The Balaban J connectivity index is 2.25. The smallest absolute Gasteiger partial charge is 0.163 e. The second-order valence-electron chi connectivity index (χ2n) is 3.78. The van der Waals surface area contributed by atoms with Crippen molar-refractivity contribution in [2.75, 3.05) is 32.4 Å². The maximum absolute atomic E-state index is 8.95. The Morgan fingerprint density at radius 3 is 3.13 bits per heavy atom. The molecule has 1 unspecified atom stereocenters. The van der Waals surface area contributed by atoms with Crippen molar-refractivity contribution in [3.05, 3.63) is 11.3 Å². The van der Waals surface area contributed by atoms with Crippen LogP contribution in [0.25, 0.3) is 0 Å². The van der Waals surface area contributed by atoms with E-state index in [2.05, 4.69) is 33.5 Å². The van der Waals surface area contributed by atoms with Crippen LogP contribution in [-0.4, -0.2) is 41.8 Å². The fraction of sp³-hybridized carbons (Fsp3) is 0.556. The molecule has 1 aliphatic rings. The van der Waals surface area contributed by atoms with Crippen molar-refractivity contribution >= 4 is 5.82 Å². The highest BCUT2D eigenvalue weighted by molar-refractivity contribution is 5.51. The number of aromatic nitrogens is 2. The summed E-state index contributed by atoms with van der Waals surface area (Å²) in [5.41, 5.74) is 6.84. The monoisotopic (exact) mass is 206 g/mol. The Morgan fingerprint density at radius 2 is 2.47 bits per heavy atom. The number of likely N-dealkylation sites (N-methyl/N-ethyl adjacent to an activating group) is 1. The lowest BCUT2D eigenvalue weighted by Gasteiger charge is -2.30. The number of hydrogen-bond donors (Lipinski definition) is 3. The highest BCUT2D eigenvalue weighted by Gasteiger charge is 2.23. The average molecular weight is 206 g/mol. The largest absolute Gasteiger partial charge is 0.381 e. The molecule has 0 radical (unpaired) electrons. The van der Waals surface area contributed by atoms with Crippen LogP contribution in [0.15, 0.2) is 0 Å². The Morgan fingerprint density at radius 1 is 1.67 bits per heavy atom. The lowest BCUT2D eigenvalue weighted by Crippen LogP contribution is -2.44. The summed E-state index contributed by atoms with van der Waals surface area (Å²) in [5.74, 6) is 0.280. The molecule has 1 aliphatic heterocycles. The normalized spacial score (nSPS) is 22.5. The summed E-state index contributed by atoms with van der Waals surface area (Å²) < 4.78 is 0. The number of hydrogen-bond acceptors (Lipinski definition) is 5. The van der Waals surface area contributed by atoms with E-state index in [1.54, 1.807) is 0 Å². The standard InChI is InChI=1S/C9H14N6/c1-15-3-2-12-7(5-15)8-6(4-10)9(11)14-13-8/h7,12H,2-3,5H2,1H3,(H3,11,13,14). The van der Waals surface area contributed by atoms with E-state index in [1.165, 1.54) is 0 Å². The van der Waals surface area contributed by atoms with Crippen molar-refractivity contribution in [3.63, 3.8) is 0 Å². The first-order valence-electron chi connectivity index (χ1n) is 4.88. The fourth-order valence-corrected chi connectivity index (χ4v) is 1.83. The van der Waals surface area contributed by atoms with Crippen molar-refractivity contribution < 1.29 is 0 Å². The van der Waals surface area contributed by atoms with Crippen LogP contribution in [0.1, 0.15) is 17.3 Å². The van der Waals surface area contributed by atoms with Gasteiger partial charge in [0.2, 0.25) is 0 Å². The Bertz CT molecular complexity index is 390. The molecule has 0 aliphatic carbocycles. The number of H-pyrrole nitrogens is 1. The molecule has 15 heavy (non-hydrogen) atoms. The van der Waals surface area contributed by atoms with E-state index < -0.39 is 0 Å². The van der Waals surface area contributed by atoms with Gasteiger partial charge in [0.05, 0.1) is 11.7 Å². The molecule has 1 aromatic rings. The molecule has 0 amide bonds. The molecule has 0 bridgehead atoms. The summed E-state index contributed by atoms with van der Waals surface area (Å²) >= 11 is 0. The van der Waals surface area contributed by atoms with Gasteiger partial charge in [-0.2, -0.15) is 10.4 Å². The van der Waals surface area contributed by atoms with Gasteiger partial charge in [-0.05, 0) is 7.05 Å². The van der Waals surface area contributed by atoms with Crippen LogP contribution in [0.3, 0.4) is 0 Å². The molecule has 80 valence electrons. The number of piperazine rings is 1. The SMILES string of the molecule is CN1CCNC(c2[nH]nc(N)c2C#N)C1. The highest BCUT2D eigenvalue weighted by Crippen LogP contribution is 2.21. The molecule has 4 N–H and O–H groups in total. The van der Waals surface area contributed by atoms with E-state index in [9.17, 15) is 0 Å². The zero-order valence-corrected chi connectivity index (χ0v) is 8.62. The molecular weight excluding hydrogens is 192 g/mol. The third kappa shape index (κ3) is 1.79. The Kier molecular flexibility index (Phi) is 2.58. The maximum atomic E-state index is 8.95. The van der Waals surface area contributed by atoms with Gasteiger partial charge in [0.1, 0.15) is 11.6 Å². The molecule has 1 atom stereocenters.